The van der Waals surface area contributed by atoms with E-state index in [0.717, 1.165) is 3.57 Å². The minimum atomic E-state index is -0.439. The summed E-state index contributed by atoms with van der Waals surface area (Å²) in [6.07, 6.45) is 0. The number of anilines is 2. The van der Waals surface area contributed by atoms with E-state index in [9.17, 15) is 9.18 Å². The number of urea groups is 1. The summed E-state index contributed by atoms with van der Waals surface area (Å²) in [6, 6.07) is 10.4. The fraction of sp³-hybridized carbons (Fsp3) is 0. The fourth-order valence-electron chi connectivity index (χ4n) is 1.44. The lowest BCUT2D eigenvalue weighted by Crippen LogP contribution is -2.20. The van der Waals surface area contributed by atoms with Crippen LogP contribution in [-0.2, 0) is 0 Å². The Labute approximate surface area is 128 Å². The van der Waals surface area contributed by atoms with Crippen LogP contribution in [0.4, 0.5) is 20.6 Å². The maximum Gasteiger partial charge on any atom is 0.323 e. The Morgan fingerprint density at radius 2 is 1.95 bits per heavy atom. The minimum Gasteiger partial charge on any atom is -0.308 e. The van der Waals surface area contributed by atoms with Crippen LogP contribution in [0.25, 0.3) is 0 Å². The molecule has 6 heteroatoms. The number of hydrogen-bond donors (Lipinski definition) is 2. The van der Waals surface area contributed by atoms with E-state index in [1.165, 1.54) is 18.2 Å². The Hall–Kier alpha value is -1.34. The molecule has 0 aliphatic rings. The topological polar surface area (TPSA) is 41.1 Å². The number of benzene rings is 2. The Morgan fingerprint density at radius 3 is 2.63 bits per heavy atom. The van der Waals surface area contributed by atoms with Crippen molar-refractivity contribution in [3.63, 3.8) is 0 Å². The first-order valence-electron chi connectivity index (χ1n) is 5.33. The monoisotopic (exact) mass is 390 g/mol. The zero-order chi connectivity index (χ0) is 13.8. The van der Waals surface area contributed by atoms with E-state index < -0.39 is 11.8 Å². The quantitative estimate of drug-likeness (QED) is 0.715. The summed E-state index contributed by atoms with van der Waals surface area (Å²) in [5.74, 6) is -0.404. The lowest BCUT2D eigenvalue weighted by Gasteiger charge is -2.09. The third-order valence-corrected chi connectivity index (χ3v) is 3.39. The van der Waals surface area contributed by atoms with Gasteiger partial charge < -0.3 is 10.6 Å². The van der Waals surface area contributed by atoms with Crippen LogP contribution >= 0.6 is 34.2 Å². The number of amides is 2. The van der Waals surface area contributed by atoms with Gasteiger partial charge in [0.15, 0.2) is 0 Å². The van der Waals surface area contributed by atoms with Crippen molar-refractivity contribution in [2.45, 2.75) is 0 Å². The van der Waals surface area contributed by atoms with E-state index in [-0.39, 0.29) is 0 Å². The average molecular weight is 391 g/mol. The molecule has 0 aliphatic carbocycles. The van der Waals surface area contributed by atoms with Crippen molar-refractivity contribution in [1.29, 1.82) is 0 Å². The molecule has 0 saturated heterocycles. The van der Waals surface area contributed by atoms with Gasteiger partial charge >= 0.3 is 6.03 Å². The lowest BCUT2D eigenvalue weighted by atomic mass is 10.3. The first-order valence-corrected chi connectivity index (χ1v) is 6.79. The van der Waals surface area contributed by atoms with E-state index in [1.54, 1.807) is 24.3 Å². The second kappa shape index (κ2) is 6.21. The average Bonchev–Trinajstić information content (AvgIpc) is 2.33. The van der Waals surface area contributed by atoms with Gasteiger partial charge in [0.05, 0.1) is 5.69 Å². The highest BCUT2D eigenvalue weighted by Crippen LogP contribution is 2.22. The van der Waals surface area contributed by atoms with Crippen LogP contribution in [-0.4, -0.2) is 6.03 Å². The van der Waals surface area contributed by atoms with Gasteiger partial charge in [0.2, 0.25) is 0 Å². The summed E-state index contributed by atoms with van der Waals surface area (Å²) < 4.78 is 13.8. The molecule has 3 nitrogen and oxygen atoms in total. The normalized spacial score (nSPS) is 10.1. The molecule has 2 aromatic carbocycles. The highest BCUT2D eigenvalue weighted by atomic mass is 127. The molecular weight excluding hydrogens is 382 g/mol. The van der Waals surface area contributed by atoms with Gasteiger partial charge in [0.25, 0.3) is 0 Å². The van der Waals surface area contributed by atoms with Crippen LogP contribution < -0.4 is 10.6 Å². The summed E-state index contributed by atoms with van der Waals surface area (Å²) in [6.45, 7) is 0. The fourth-order valence-corrected chi connectivity index (χ4v) is 2.45. The van der Waals surface area contributed by atoms with E-state index in [2.05, 4.69) is 33.2 Å². The summed E-state index contributed by atoms with van der Waals surface area (Å²) in [4.78, 5) is 11.7. The SMILES string of the molecule is O=C(Nc1cccc(F)c1)Nc1ccc(Cl)cc1I. The molecule has 0 saturated carbocycles. The predicted molar refractivity (Wildman–Crippen MR) is 83.2 cm³/mol. The first-order chi connectivity index (χ1) is 9.04. The first kappa shape index (κ1) is 14.1. The van der Waals surface area contributed by atoms with Gasteiger partial charge in [0, 0.05) is 14.3 Å². The third kappa shape index (κ3) is 4.07. The van der Waals surface area contributed by atoms with Crippen molar-refractivity contribution >= 4 is 51.6 Å². The number of nitrogens with one attached hydrogen (secondary N) is 2. The molecule has 98 valence electrons. The Bertz CT molecular complexity index is 621. The van der Waals surface area contributed by atoms with Gasteiger partial charge in [-0.3, -0.25) is 0 Å². The largest absolute Gasteiger partial charge is 0.323 e. The van der Waals surface area contributed by atoms with Crippen molar-refractivity contribution in [1.82, 2.24) is 0 Å². The zero-order valence-corrected chi connectivity index (χ0v) is 12.5. The molecule has 0 radical (unpaired) electrons. The van der Waals surface area contributed by atoms with E-state index >= 15 is 0 Å². The Morgan fingerprint density at radius 1 is 1.16 bits per heavy atom. The van der Waals surface area contributed by atoms with Crippen molar-refractivity contribution in [3.05, 3.63) is 56.9 Å². The van der Waals surface area contributed by atoms with E-state index in [4.69, 9.17) is 11.6 Å². The molecule has 0 fully saturated rings. The van der Waals surface area contributed by atoms with Crippen LogP contribution in [0.5, 0.6) is 0 Å². The van der Waals surface area contributed by atoms with Gasteiger partial charge in [0.1, 0.15) is 5.82 Å². The molecule has 2 N–H and O–H groups in total. The number of halogens is 3. The molecule has 2 aromatic rings. The molecular formula is C13H9ClFIN2O. The Balaban J connectivity index is 2.05. The van der Waals surface area contributed by atoms with E-state index in [0.29, 0.717) is 16.4 Å². The number of rotatable bonds is 2. The maximum absolute atomic E-state index is 13.0. The van der Waals surface area contributed by atoms with Crippen molar-refractivity contribution in [3.8, 4) is 0 Å². The van der Waals surface area contributed by atoms with Crippen LogP contribution in [0, 0.1) is 9.39 Å². The smallest absolute Gasteiger partial charge is 0.308 e. The molecule has 0 aromatic heterocycles. The summed E-state index contributed by atoms with van der Waals surface area (Å²) in [5, 5.41) is 5.81. The van der Waals surface area contributed by atoms with Crippen LogP contribution in [0.1, 0.15) is 0 Å². The zero-order valence-electron chi connectivity index (χ0n) is 9.58. The summed E-state index contributed by atoms with van der Waals surface area (Å²) >= 11 is 7.89. The second-order valence-corrected chi connectivity index (χ2v) is 5.31. The van der Waals surface area contributed by atoms with Crippen molar-refractivity contribution < 1.29 is 9.18 Å². The van der Waals surface area contributed by atoms with Crippen molar-refractivity contribution in [2.75, 3.05) is 10.6 Å². The van der Waals surface area contributed by atoms with Crippen molar-refractivity contribution in [2.24, 2.45) is 0 Å². The van der Waals surface area contributed by atoms with Crippen LogP contribution in [0.2, 0.25) is 5.02 Å². The number of hydrogen-bond acceptors (Lipinski definition) is 1. The molecule has 0 heterocycles. The van der Waals surface area contributed by atoms with Gasteiger partial charge in [-0.05, 0) is 59.0 Å². The maximum atomic E-state index is 13.0. The Kier molecular flexibility index (Phi) is 4.60. The number of carbonyl (C=O) groups excluding carboxylic acids is 1. The molecule has 0 atom stereocenters. The number of carbonyl (C=O) groups is 1. The molecule has 2 rings (SSSR count). The third-order valence-electron chi connectivity index (χ3n) is 2.26. The van der Waals surface area contributed by atoms with Crippen LogP contribution in [0.3, 0.4) is 0 Å². The van der Waals surface area contributed by atoms with Gasteiger partial charge in [-0.1, -0.05) is 17.7 Å². The minimum absolute atomic E-state index is 0.390. The predicted octanol–water partition coefficient (Wildman–Crippen LogP) is 4.73. The standard InChI is InChI=1S/C13H9ClFIN2O/c14-8-4-5-12(11(16)6-8)18-13(19)17-10-3-1-2-9(15)7-10/h1-7H,(H2,17,18,19). The van der Waals surface area contributed by atoms with Gasteiger partial charge in [-0.25, -0.2) is 9.18 Å². The highest BCUT2D eigenvalue weighted by Gasteiger charge is 2.06. The summed E-state index contributed by atoms with van der Waals surface area (Å²) in [5.41, 5.74) is 1.03. The molecule has 0 unspecified atom stereocenters. The van der Waals surface area contributed by atoms with Gasteiger partial charge in [-0.15, -0.1) is 0 Å². The summed E-state index contributed by atoms with van der Waals surface area (Å²) in [7, 11) is 0. The molecule has 0 aliphatic heterocycles. The molecule has 0 bridgehead atoms. The van der Waals surface area contributed by atoms with E-state index in [1.807, 2.05) is 0 Å². The highest BCUT2D eigenvalue weighted by molar-refractivity contribution is 14.1. The second-order valence-electron chi connectivity index (χ2n) is 3.71. The lowest BCUT2D eigenvalue weighted by molar-refractivity contribution is 0.262. The molecule has 0 spiro atoms. The molecule has 2 amide bonds. The molecule has 19 heavy (non-hydrogen) atoms. The van der Waals surface area contributed by atoms with Crippen LogP contribution in [0.15, 0.2) is 42.5 Å². The van der Waals surface area contributed by atoms with Gasteiger partial charge in [-0.2, -0.15) is 0 Å².